The summed E-state index contributed by atoms with van der Waals surface area (Å²) in [6, 6.07) is 8.60. The Morgan fingerprint density at radius 2 is 1.94 bits per heavy atom. The zero-order chi connectivity index (χ0) is 25.0. The molecule has 0 aliphatic carbocycles. The number of hydrogen-bond donors (Lipinski definition) is 1. The van der Waals surface area contributed by atoms with Crippen molar-refractivity contribution in [2.24, 2.45) is 0 Å². The second-order valence-corrected chi connectivity index (χ2v) is 10.2. The van der Waals surface area contributed by atoms with Gasteiger partial charge in [0, 0.05) is 31.3 Å². The van der Waals surface area contributed by atoms with Gasteiger partial charge in [-0.05, 0) is 61.9 Å². The van der Waals surface area contributed by atoms with E-state index in [1.165, 1.54) is 6.07 Å². The summed E-state index contributed by atoms with van der Waals surface area (Å²) >= 11 is 0. The number of carbonyl (C=O) groups excluding carboxylic acids is 1. The number of aromatic nitrogens is 3. The van der Waals surface area contributed by atoms with Crippen LogP contribution in [0.1, 0.15) is 44.0 Å². The minimum atomic E-state index is -0.540. The smallest absolute Gasteiger partial charge is 0.220 e. The third-order valence-corrected chi connectivity index (χ3v) is 7.39. The highest BCUT2D eigenvalue weighted by Gasteiger charge is 2.34. The molecule has 6 nitrogen and oxygen atoms in total. The van der Waals surface area contributed by atoms with Crippen molar-refractivity contribution in [3.05, 3.63) is 59.6 Å². The Bertz CT molecular complexity index is 1540. The zero-order valence-corrected chi connectivity index (χ0v) is 20.4. The molecular weight excluding hydrogens is 460 g/mol. The van der Waals surface area contributed by atoms with E-state index in [-0.39, 0.29) is 29.4 Å². The van der Waals surface area contributed by atoms with Crippen molar-refractivity contribution in [3.63, 3.8) is 0 Å². The fourth-order valence-electron chi connectivity index (χ4n) is 5.80. The quantitative estimate of drug-likeness (QED) is 0.367. The molecule has 0 unspecified atom stereocenters. The summed E-state index contributed by atoms with van der Waals surface area (Å²) in [4.78, 5) is 28.7. The molecule has 3 aliphatic heterocycles. The van der Waals surface area contributed by atoms with Gasteiger partial charge in [0.05, 0.1) is 10.9 Å². The number of rotatable bonds is 0. The van der Waals surface area contributed by atoms with E-state index in [4.69, 9.17) is 0 Å². The summed E-state index contributed by atoms with van der Waals surface area (Å²) in [5.41, 5.74) is 0.861. The van der Waals surface area contributed by atoms with Crippen LogP contribution in [0.3, 0.4) is 0 Å². The second kappa shape index (κ2) is 8.47. The van der Waals surface area contributed by atoms with Gasteiger partial charge in [-0.2, -0.15) is 0 Å². The van der Waals surface area contributed by atoms with Crippen LogP contribution in [0.15, 0.2) is 36.5 Å². The van der Waals surface area contributed by atoms with Crippen LogP contribution in [0.4, 0.5) is 14.6 Å². The molecule has 2 aromatic carbocycles. The molecule has 4 aromatic rings. The lowest BCUT2D eigenvalue weighted by atomic mass is 9.90. The van der Waals surface area contributed by atoms with Crippen LogP contribution >= 0.6 is 0 Å². The average Bonchev–Trinajstić information content (AvgIpc) is 2.84. The molecule has 1 amide bonds. The first kappa shape index (κ1) is 22.8. The van der Waals surface area contributed by atoms with Crippen molar-refractivity contribution in [1.29, 1.82) is 0 Å². The van der Waals surface area contributed by atoms with E-state index in [1.54, 1.807) is 25.3 Å². The highest BCUT2D eigenvalue weighted by molar-refractivity contribution is 6.01. The van der Waals surface area contributed by atoms with Crippen LogP contribution in [-0.4, -0.2) is 39.5 Å². The predicted octanol–water partition coefficient (Wildman–Crippen LogP) is 5.24. The minimum Gasteiger partial charge on any atom is -0.354 e. The maximum absolute atomic E-state index is 16.2. The van der Waals surface area contributed by atoms with E-state index < -0.39 is 11.4 Å². The number of pyridine rings is 1. The van der Waals surface area contributed by atoms with E-state index >= 15 is 8.78 Å². The number of fused-ring (bicyclic) bond motifs is 5. The van der Waals surface area contributed by atoms with Gasteiger partial charge in [-0.15, -0.1) is 0 Å². The van der Waals surface area contributed by atoms with Crippen molar-refractivity contribution >= 4 is 33.4 Å². The Balaban J connectivity index is 1.64. The summed E-state index contributed by atoms with van der Waals surface area (Å²) in [7, 11) is 0. The molecule has 1 fully saturated rings. The molecule has 6 bridgehead atoms. The molecule has 1 saturated heterocycles. The van der Waals surface area contributed by atoms with Gasteiger partial charge in [0.15, 0.2) is 5.82 Å². The van der Waals surface area contributed by atoms with Gasteiger partial charge in [-0.3, -0.25) is 9.78 Å². The molecule has 1 atom stereocenters. The van der Waals surface area contributed by atoms with Crippen LogP contribution in [-0.2, 0) is 11.2 Å². The number of amides is 1. The fraction of sp³-hybridized carbons (Fsp3) is 0.357. The molecule has 0 spiro atoms. The highest BCUT2D eigenvalue weighted by Crippen LogP contribution is 2.37. The molecule has 2 aromatic heterocycles. The lowest BCUT2D eigenvalue weighted by Gasteiger charge is -2.42. The Labute approximate surface area is 207 Å². The molecule has 0 radical (unpaired) electrons. The number of nitrogens with zero attached hydrogens (tertiary/aromatic N) is 4. The Kier molecular flexibility index (Phi) is 5.35. The van der Waals surface area contributed by atoms with Gasteiger partial charge in [0.25, 0.3) is 0 Å². The number of hydrogen-bond acceptors (Lipinski definition) is 5. The van der Waals surface area contributed by atoms with Crippen LogP contribution in [0, 0.1) is 18.6 Å². The first-order chi connectivity index (χ1) is 17.3. The number of aryl methyl sites for hydroxylation is 2. The Morgan fingerprint density at radius 1 is 1.08 bits per heavy atom. The number of benzene rings is 2. The van der Waals surface area contributed by atoms with Crippen molar-refractivity contribution in [1.82, 2.24) is 20.3 Å². The maximum atomic E-state index is 16.2. The zero-order valence-electron chi connectivity index (χ0n) is 20.4. The van der Waals surface area contributed by atoms with Crippen molar-refractivity contribution in [2.75, 3.05) is 18.0 Å². The molecule has 3 aliphatic rings. The van der Waals surface area contributed by atoms with E-state index in [0.29, 0.717) is 52.9 Å². The van der Waals surface area contributed by atoms with Gasteiger partial charge >= 0.3 is 0 Å². The number of nitrogens with one attached hydrogen (secondary N) is 1. The van der Waals surface area contributed by atoms with E-state index in [2.05, 4.69) is 25.2 Å². The van der Waals surface area contributed by atoms with Gasteiger partial charge in [-0.25, -0.2) is 18.7 Å². The van der Waals surface area contributed by atoms with Gasteiger partial charge in [-0.1, -0.05) is 24.3 Å². The highest BCUT2D eigenvalue weighted by atomic mass is 19.1. The second-order valence-electron chi connectivity index (χ2n) is 10.2. The predicted molar refractivity (Wildman–Crippen MR) is 136 cm³/mol. The molecule has 8 heteroatoms. The number of carbonyl (C=O) groups is 1. The SMILES string of the molecule is Cc1nc2c3cnc(c(F)c3n1)-c1cccc3ccc(F)c(c13)CCCC(=O)N[C@]1(C)CCCN2C1. The number of halogens is 2. The monoisotopic (exact) mass is 487 g/mol. The van der Waals surface area contributed by atoms with E-state index in [9.17, 15) is 4.79 Å². The van der Waals surface area contributed by atoms with Gasteiger partial charge < -0.3 is 10.2 Å². The molecule has 0 saturated carbocycles. The fourth-order valence-corrected chi connectivity index (χ4v) is 5.80. The molecule has 184 valence electrons. The third kappa shape index (κ3) is 3.75. The standard InChI is InChI=1S/C28H27F2N5O/c1-16-32-26-20-14-31-25(24(26)30)19-8-3-6-17-10-11-21(29)18(23(17)19)7-4-9-22(36)34-28(2)12-5-13-35(15-28)27(20)33-16/h3,6,8,10-11,14H,4-5,7,9,12-13,15H2,1-2H3,(H,34,36)/t28-/m1/s1. The minimum absolute atomic E-state index is 0.0487. The molecule has 7 rings (SSSR count). The van der Waals surface area contributed by atoms with Crippen LogP contribution in [0.5, 0.6) is 0 Å². The molecule has 5 heterocycles. The molecule has 1 N–H and O–H groups in total. The largest absolute Gasteiger partial charge is 0.354 e. The maximum Gasteiger partial charge on any atom is 0.220 e. The Hall–Kier alpha value is -3.68. The van der Waals surface area contributed by atoms with Crippen LogP contribution < -0.4 is 10.2 Å². The first-order valence-electron chi connectivity index (χ1n) is 12.4. The topological polar surface area (TPSA) is 71.0 Å². The lowest BCUT2D eigenvalue weighted by Crippen LogP contribution is -2.57. The number of piperidine rings is 1. The first-order valence-corrected chi connectivity index (χ1v) is 12.4. The third-order valence-electron chi connectivity index (χ3n) is 7.39. The Morgan fingerprint density at radius 3 is 2.81 bits per heavy atom. The number of anilines is 1. The van der Waals surface area contributed by atoms with E-state index in [1.807, 2.05) is 19.1 Å². The van der Waals surface area contributed by atoms with Crippen LogP contribution in [0.25, 0.3) is 32.9 Å². The van der Waals surface area contributed by atoms with E-state index in [0.717, 1.165) is 24.8 Å². The van der Waals surface area contributed by atoms with Gasteiger partial charge in [0.2, 0.25) is 5.91 Å². The summed E-state index contributed by atoms with van der Waals surface area (Å²) < 4.78 is 31.3. The summed E-state index contributed by atoms with van der Waals surface area (Å²) in [5.74, 6) is 0.116. The van der Waals surface area contributed by atoms with Crippen LogP contribution in [0.2, 0.25) is 0 Å². The lowest BCUT2D eigenvalue weighted by molar-refractivity contribution is -0.123. The molecule has 36 heavy (non-hydrogen) atoms. The average molecular weight is 488 g/mol. The van der Waals surface area contributed by atoms with Gasteiger partial charge in [0.1, 0.15) is 28.7 Å². The summed E-state index contributed by atoms with van der Waals surface area (Å²) in [6.45, 7) is 5.07. The normalized spacial score (nSPS) is 20.3. The van der Waals surface area contributed by atoms with Crippen molar-refractivity contribution in [2.45, 2.75) is 51.5 Å². The molecular formula is C28H27F2N5O. The summed E-state index contributed by atoms with van der Waals surface area (Å²) in [5, 5.41) is 5.15. The summed E-state index contributed by atoms with van der Waals surface area (Å²) in [6.07, 6.45) is 4.43. The van der Waals surface area contributed by atoms with Crippen molar-refractivity contribution < 1.29 is 13.6 Å². The van der Waals surface area contributed by atoms with Crippen molar-refractivity contribution in [3.8, 4) is 11.3 Å².